The number of carbonyl (C=O) groups excluding carboxylic acids is 1. The van der Waals surface area contributed by atoms with E-state index in [4.69, 9.17) is 0 Å². The van der Waals surface area contributed by atoms with Crippen molar-refractivity contribution in [1.29, 1.82) is 0 Å². The highest BCUT2D eigenvalue weighted by atomic mass is 16.4. The van der Waals surface area contributed by atoms with Crippen molar-refractivity contribution in [2.45, 2.75) is 110 Å². The van der Waals surface area contributed by atoms with Crippen LogP contribution in [0.5, 0.6) is 0 Å². The number of unbranched alkanes of at least 4 members (excludes halogenated alkanes) is 11. The first-order chi connectivity index (χ1) is 11.8. The Hall–Kier alpha value is -0.570. The van der Waals surface area contributed by atoms with Crippen LogP contribution in [0.15, 0.2) is 0 Å². The van der Waals surface area contributed by atoms with Crippen LogP contribution in [0, 0.1) is 5.92 Å². The molecule has 0 fully saturated rings. The lowest BCUT2D eigenvalue weighted by molar-refractivity contribution is -0.893. The zero-order valence-electron chi connectivity index (χ0n) is 17.8. The summed E-state index contributed by atoms with van der Waals surface area (Å²) >= 11 is 0. The van der Waals surface area contributed by atoms with Crippen molar-refractivity contribution >= 4 is 5.97 Å². The zero-order chi connectivity index (χ0) is 19.1. The van der Waals surface area contributed by atoms with E-state index in [-0.39, 0.29) is 5.92 Å². The minimum atomic E-state index is -0.890. The van der Waals surface area contributed by atoms with Crippen molar-refractivity contribution in [3.8, 4) is 0 Å². The molecule has 150 valence electrons. The molecule has 0 rings (SSSR count). The molecule has 2 atom stereocenters. The van der Waals surface area contributed by atoms with Gasteiger partial charge in [0.25, 0.3) is 0 Å². The lowest BCUT2D eigenvalue weighted by Gasteiger charge is -2.39. The molecule has 0 aliphatic carbocycles. The molecule has 0 radical (unpaired) electrons. The van der Waals surface area contributed by atoms with Gasteiger partial charge in [0.2, 0.25) is 0 Å². The number of likely N-dealkylation sites (N-methyl/N-ethyl adjacent to an activating group) is 1. The maximum absolute atomic E-state index is 11.5. The molecule has 0 spiro atoms. The smallest absolute Gasteiger partial charge is 0.131 e. The number of quaternary nitrogens is 1. The second kappa shape index (κ2) is 14.6. The van der Waals surface area contributed by atoms with E-state index in [1.54, 1.807) is 0 Å². The van der Waals surface area contributed by atoms with Gasteiger partial charge in [-0.3, -0.25) is 0 Å². The topological polar surface area (TPSA) is 40.1 Å². The van der Waals surface area contributed by atoms with Crippen molar-refractivity contribution in [1.82, 2.24) is 0 Å². The first-order valence-electron chi connectivity index (χ1n) is 10.9. The third kappa shape index (κ3) is 12.4. The summed E-state index contributed by atoms with van der Waals surface area (Å²) in [6.07, 6.45) is 18.1. The van der Waals surface area contributed by atoms with Gasteiger partial charge >= 0.3 is 0 Å². The summed E-state index contributed by atoms with van der Waals surface area (Å²) in [6, 6.07) is -0.391. The van der Waals surface area contributed by atoms with Crippen molar-refractivity contribution in [2.24, 2.45) is 5.92 Å². The van der Waals surface area contributed by atoms with Gasteiger partial charge in [0, 0.05) is 5.92 Å². The van der Waals surface area contributed by atoms with E-state index >= 15 is 0 Å². The normalized spacial score (nSPS) is 14.4. The van der Waals surface area contributed by atoms with E-state index in [0.29, 0.717) is 4.48 Å². The van der Waals surface area contributed by atoms with E-state index in [2.05, 4.69) is 13.8 Å². The van der Waals surface area contributed by atoms with Crippen LogP contribution in [-0.2, 0) is 4.79 Å². The molecule has 3 nitrogen and oxygen atoms in total. The molecule has 0 amide bonds. The molecule has 0 aromatic carbocycles. The van der Waals surface area contributed by atoms with E-state index in [1.165, 1.54) is 70.6 Å². The fraction of sp³-hybridized carbons (Fsp3) is 0.955. The molecular formula is C22H45NO2. The number of carbonyl (C=O) groups is 1. The Bertz CT molecular complexity index is 322. The molecule has 0 aromatic rings. The van der Waals surface area contributed by atoms with Crippen molar-refractivity contribution in [3.63, 3.8) is 0 Å². The van der Waals surface area contributed by atoms with E-state index in [9.17, 15) is 9.90 Å². The van der Waals surface area contributed by atoms with Gasteiger partial charge in [0.1, 0.15) is 6.04 Å². The number of rotatable bonds is 17. The Labute approximate surface area is 157 Å². The van der Waals surface area contributed by atoms with Crippen LogP contribution in [0.1, 0.15) is 104 Å². The summed E-state index contributed by atoms with van der Waals surface area (Å²) in [4.78, 5) is 11.5. The fourth-order valence-corrected chi connectivity index (χ4v) is 3.97. The van der Waals surface area contributed by atoms with Crippen molar-refractivity contribution < 1.29 is 14.4 Å². The quantitative estimate of drug-likeness (QED) is 0.274. The van der Waals surface area contributed by atoms with Crippen LogP contribution >= 0.6 is 0 Å². The Morgan fingerprint density at radius 1 is 0.760 bits per heavy atom. The van der Waals surface area contributed by atoms with E-state index < -0.39 is 12.0 Å². The summed E-state index contributed by atoms with van der Waals surface area (Å²) in [7, 11) is 5.89. The van der Waals surface area contributed by atoms with Crippen LogP contribution < -0.4 is 5.11 Å². The van der Waals surface area contributed by atoms with Crippen LogP contribution in [-0.4, -0.2) is 37.6 Å². The lowest BCUT2D eigenvalue weighted by atomic mass is 9.89. The van der Waals surface area contributed by atoms with E-state index in [0.717, 1.165) is 19.3 Å². The maximum atomic E-state index is 11.5. The Kier molecular flexibility index (Phi) is 14.3. The summed E-state index contributed by atoms with van der Waals surface area (Å²) < 4.78 is 0.457. The summed E-state index contributed by atoms with van der Waals surface area (Å²) in [5, 5.41) is 11.5. The van der Waals surface area contributed by atoms with Gasteiger partial charge < -0.3 is 14.4 Å². The van der Waals surface area contributed by atoms with Crippen LogP contribution in [0.4, 0.5) is 0 Å². The molecule has 3 heteroatoms. The molecule has 0 aliphatic heterocycles. The molecule has 0 aromatic heterocycles. The first kappa shape index (κ1) is 24.4. The number of nitrogens with zero attached hydrogens (tertiary/aromatic N) is 1. The van der Waals surface area contributed by atoms with Gasteiger partial charge in [0.05, 0.1) is 27.1 Å². The van der Waals surface area contributed by atoms with Gasteiger partial charge in [-0.25, -0.2) is 0 Å². The van der Waals surface area contributed by atoms with Gasteiger partial charge in [-0.2, -0.15) is 0 Å². The number of carboxylic acids is 1. The van der Waals surface area contributed by atoms with Gasteiger partial charge in [-0.05, 0) is 12.8 Å². The Morgan fingerprint density at radius 3 is 1.48 bits per heavy atom. The first-order valence-corrected chi connectivity index (χ1v) is 10.9. The molecular weight excluding hydrogens is 310 g/mol. The third-order valence-corrected chi connectivity index (χ3v) is 5.48. The highest BCUT2D eigenvalue weighted by Gasteiger charge is 2.32. The Morgan fingerprint density at radius 2 is 1.16 bits per heavy atom. The van der Waals surface area contributed by atoms with Crippen LogP contribution in [0.25, 0.3) is 0 Å². The molecule has 25 heavy (non-hydrogen) atoms. The number of carboxylic acid groups (broad SMARTS) is 1. The minimum Gasteiger partial charge on any atom is -0.544 e. The minimum absolute atomic E-state index is 0.230. The summed E-state index contributed by atoms with van der Waals surface area (Å²) in [5.74, 6) is -0.661. The predicted octanol–water partition coefficient (Wildman–Crippen LogP) is 4.93. The zero-order valence-corrected chi connectivity index (χ0v) is 17.8. The maximum Gasteiger partial charge on any atom is 0.131 e. The molecule has 0 bridgehead atoms. The summed E-state index contributed by atoms with van der Waals surface area (Å²) in [6.45, 7) is 4.38. The standard InChI is InChI=1S/C22H45NO2/c1-6-8-9-10-11-12-13-14-15-16-17-18-19-20(7-2)21(22(24)25)23(3,4)5/h20-21H,6-19H2,1-5H3. The van der Waals surface area contributed by atoms with E-state index in [1.807, 2.05) is 21.1 Å². The molecule has 0 N–H and O–H groups in total. The highest BCUT2D eigenvalue weighted by molar-refractivity contribution is 5.70. The summed E-state index contributed by atoms with van der Waals surface area (Å²) in [5.41, 5.74) is 0. The molecule has 0 saturated carbocycles. The molecule has 2 unspecified atom stereocenters. The number of hydrogen-bond donors (Lipinski definition) is 0. The molecule has 0 heterocycles. The number of aliphatic carboxylic acids is 1. The average Bonchev–Trinajstić information content (AvgIpc) is 2.52. The van der Waals surface area contributed by atoms with Gasteiger partial charge in [-0.15, -0.1) is 0 Å². The molecule has 0 aliphatic rings. The lowest BCUT2D eigenvalue weighted by Crippen LogP contribution is -2.58. The van der Waals surface area contributed by atoms with Gasteiger partial charge in [0.15, 0.2) is 0 Å². The monoisotopic (exact) mass is 355 g/mol. The highest BCUT2D eigenvalue weighted by Crippen LogP contribution is 2.24. The van der Waals surface area contributed by atoms with Crippen LogP contribution in [0.2, 0.25) is 0 Å². The number of hydrogen-bond acceptors (Lipinski definition) is 2. The average molecular weight is 356 g/mol. The SMILES string of the molecule is CCCCCCCCCCCCCCC(CC)C(C(=O)[O-])[N+](C)(C)C. The van der Waals surface area contributed by atoms with Gasteiger partial charge in [-0.1, -0.05) is 90.9 Å². The van der Waals surface area contributed by atoms with Crippen LogP contribution in [0.3, 0.4) is 0 Å². The van der Waals surface area contributed by atoms with Crippen molar-refractivity contribution in [2.75, 3.05) is 21.1 Å². The van der Waals surface area contributed by atoms with Crippen molar-refractivity contribution in [3.05, 3.63) is 0 Å². The second-order valence-corrected chi connectivity index (χ2v) is 8.73. The third-order valence-electron chi connectivity index (χ3n) is 5.48. The fourth-order valence-electron chi connectivity index (χ4n) is 3.97. The second-order valence-electron chi connectivity index (χ2n) is 8.73. The Balaban J connectivity index is 3.73. The predicted molar refractivity (Wildman–Crippen MR) is 106 cm³/mol. The largest absolute Gasteiger partial charge is 0.544 e. The molecule has 0 saturated heterocycles.